The van der Waals surface area contributed by atoms with Gasteiger partial charge in [-0.3, -0.25) is 19.3 Å². The molecule has 2 aromatic rings. The fourth-order valence-corrected chi connectivity index (χ4v) is 3.52. The van der Waals surface area contributed by atoms with Gasteiger partial charge in [-0.1, -0.05) is 30.3 Å². The molecule has 0 atom stereocenters. The zero-order valence-electron chi connectivity index (χ0n) is 17.7. The molecule has 1 aliphatic heterocycles. The molecule has 1 fully saturated rings. The van der Waals surface area contributed by atoms with Gasteiger partial charge in [0, 0.05) is 50.3 Å². The van der Waals surface area contributed by atoms with Crippen molar-refractivity contribution in [1.29, 1.82) is 0 Å². The van der Waals surface area contributed by atoms with Crippen LogP contribution in [0.3, 0.4) is 0 Å². The van der Waals surface area contributed by atoms with E-state index >= 15 is 0 Å². The molecule has 3 rings (SSSR count). The van der Waals surface area contributed by atoms with Crippen LogP contribution in [0.2, 0.25) is 0 Å². The summed E-state index contributed by atoms with van der Waals surface area (Å²) in [6.45, 7) is 6.76. The Morgan fingerprint density at radius 2 is 1.57 bits per heavy atom. The number of para-hydroxylation sites is 1. The van der Waals surface area contributed by atoms with Crippen LogP contribution < -0.4 is 5.32 Å². The Morgan fingerprint density at radius 3 is 2.23 bits per heavy atom. The van der Waals surface area contributed by atoms with Gasteiger partial charge in [-0.25, -0.2) is 0 Å². The second kappa shape index (κ2) is 10.2. The predicted molar refractivity (Wildman–Crippen MR) is 118 cm³/mol. The van der Waals surface area contributed by atoms with Gasteiger partial charge in [0.2, 0.25) is 11.8 Å². The molecule has 6 nitrogen and oxygen atoms in total. The topological polar surface area (TPSA) is 69.7 Å². The maximum atomic E-state index is 12.5. The molecule has 0 saturated carbocycles. The average Bonchev–Trinajstić information content (AvgIpc) is 2.75. The van der Waals surface area contributed by atoms with E-state index in [2.05, 4.69) is 5.32 Å². The van der Waals surface area contributed by atoms with E-state index in [9.17, 15) is 14.4 Å². The van der Waals surface area contributed by atoms with Crippen LogP contribution in [0.1, 0.15) is 34.3 Å². The molecule has 0 aromatic heterocycles. The molecule has 0 radical (unpaired) electrons. The van der Waals surface area contributed by atoms with Crippen molar-refractivity contribution in [3.63, 3.8) is 0 Å². The monoisotopic (exact) mass is 407 g/mol. The number of rotatable bonds is 7. The first-order valence-electron chi connectivity index (χ1n) is 10.4. The van der Waals surface area contributed by atoms with E-state index < -0.39 is 0 Å². The summed E-state index contributed by atoms with van der Waals surface area (Å²) in [4.78, 5) is 40.9. The minimum atomic E-state index is -0.0556. The number of nitrogens with one attached hydrogen (secondary N) is 1. The second-order valence-electron chi connectivity index (χ2n) is 7.79. The summed E-state index contributed by atoms with van der Waals surface area (Å²) in [7, 11) is 0. The molecule has 0 unspecified atom stereocenters. The molecule has 1 aliphatic rings. The summed E-state index contributed by atoms with van der Waals surface area (Å²) in [6.07, 6.45) is 0.446. The van der Waals surface area contributed by atoms with E-state index in [0.717, 1.165) is 16.8 Å². The van der Waals surface area contributed by atoms with E-state index in [0.29, 0.717) is 38.3 Å². The third kappa shape index (κ3) is 6.00. The Morgan fingerprint density at radius 1 is 0.867 bits per heavy atom. The summed E-state index contributed by atoms with van der Waals surface area (Å²) in [5.74, 6) is -0.0526. The molecule has 1 saturated heterocycles. The quantitative estimate of drug-likeness (QED) is 0.717. The van der Waals surface area contributed by atoms with E-state index in [-0.39, 0.29) is 30.4 Å². The standard InChI is InChI=1S/C24H29N3O3/c1-18-8-9-20(16-19(18)2)22(28)10-11-24(30)27-14-12-26(13-15-27)17-23(29)25-21-6-4-3-5-7-21/h3-9,16H,10-15,17H2,1-2H3,(H,25,29). The number of Topliss-reactive ketones (excluding diaryl/α,β-unsaturated/α-hetero) is 1. The molecule has 30 heavy (non-hydrogen) atoms. The number of carbonyl (C=O) groups excluding carboxylic acids is 3. The summed E-state index contributed by atoms with van der Waals surface area (Å²) >= 11 is 0. The van der Waals surface area contributed by atoms with E-state index in [1.54, 1.807) is 4.90 Å². The molecule has 6 heteroatoms. The van der Waals surface area contributed by atoms with Gasteiger partial charge in [0.05, 0.1) is 6.54 Å². The number of amides is 2. The summed E-state index contributed by atoms with van der Waals surface area (Å²) < 4.78 is 0. The van der Waals surface area contributed by atoms with Crippen molar-refractivity contribution in [2.24, 2.45) is 0 Å². The van der Waals surface area contributed by atoms with Crippen LogP contribution in [0.25, 0.3) is 0 Å². The van der Waals surface area contributed by atoms with Crippen molar-refractivity contribution in [3.05, 3.63) is 65.2 Å². The largest absolute Gasteiger partial charge is 0.340 e. The summed E-state index contributed by atoms with van der Waals surface area (Å²) in [6, 6.07) is 15.0. The fraction of sp³-hybridized carbons (Fsp3) is 0.375. The minimum absolute atomic E-state index is 0.000528. The zero-order chi connectivity index (χ0) is 21.5. The highest BCUT2D eigenvalue weighted by Crippen LogP contribution is 2.14. The number of benzene rings is 2. The molecule has 158 valence electrons. The lowest BCUT2D eigenvalue weighted by Gasteiger charge is -2.34. The lowest BCUT2D eigenvalue weighted by atomic mass is 10.0. The Labute approximate surface area is 177 Å². The van der Waals surface area contributed by atoms with E-state index in [1.165, 1.54) is 0 Å². The maximum Gasteiger partial charge on any atom is 0.238 e. The lowest BCUT2D eigenvalue weighted by molar-refractivity contribution is -0.133. The molecule has 0 spiro atoms. The first-order chi connectivity index (χ1) is 14.4. The number of ketones is 1. The first kappa shape index (κ1) is 21.7. The van der Waals surface area contributed by atoms with Crippen LogP contribution >= 0.6 is 0 Å². The van der Waals surface area contributed by atoms with Gasteiger partial charge in [0.1, 0.15) is 0 Å². The number of hydrogen-bond acceptors (Lipinski definition) is 4. The summed E-state index contributed by atoms with van der Waals surface area (Å²) in [5, 5.41) is 2.88. The molecular weight excluding hydrogens is 378 g/mol. The smallest absolute Gasteiger partial charge is 0.238 e. The predicted octanol–water partition coefficient (Wildman–Crippen LogP) is 3.05. The van der Waals surface area contributed by atoms with Crippen molar-refractivity contribution in [3.8, 4) is 0 Å². The van der Waals surface area contributed by atoms with Gasteiger partial charge in [-0.2, -0.15) is 0 Å². The van der Waals surface area contributed by atoms with Crippen molar-refractivity contribution < 1.29 is 14.4 Å². The van der Waals surface area contributed by atoms with Gasteiger partial charge in [0.25, 0.3) is 0 Å². The normalized spacial score (nSPS) is 14.4. The first-order valence-corrected chi connectivity index (χ1v) is 10.4. The Bertz CT molecular complexity index is 903. The van der Waals surface area contributed by atoms with Gasteiger partial charge in [-0.05, 0) is 43.2 Å². The van der Waals surface area contributed by atoms with E-state index in [1.807, 2.05) is 67.3 Å². The fourth-order valence-electron chi connectivity index (χ4n) is 3.52. The van der Waals surface area contributed by atoms with E-state index in [4.69, 9.17) is 0 Å². The van der Waals surface area contributed by atoms with Gasteiger partial charge < -0.3 is 10.2 Å². The summed E-state index contributed by atoms with van der Waals surface area (Å²) in [5.41, 5.74) is 3.68. The van der Waals surface area contributed by atoms with Crippen LogP contribution in [0.15, 0.2) is 48.5 Å². The zero-order valence-corrected chi connectivity index (χ0v) is 17.7. The number of piperazine rings is 1. The Hall–Kier alpha value is -2.99. The highest BCUT2D eigenvalue weighted by atomic mass is 16.2. The SMILES string of the molecule is Cc1ccc(C(=O)CCC(=O)N2CCN(CC(=O)Nc3ccccc3)CC2)cc1C. The average molecular weight is 408 g/mol. The molecular formula is C24H29N3O3. The van der Waals surface area contributed by atoms with Crippen molar-refractivity contribution in [1.82, 2.24) is 9.80 Å². The maximum absolute atomic E-state index is 12.5. The number of carbonyl (C=O) groups is 3. The van der Waals surface area contributed by atoms with Crippen LogP contribution in [0.4, 0.5) is 5.69 Å². The number of anilines is 1. The van der Waals surface area contributed by atoms with Gasteiger partial charge in [-0.15, -0.1) is 0 Å². The number of nitrogens with zero attached hydrogens (tertiary/aromatic N) is 2. The van der Waals surface area contributed by atoms with Crippen LogP contribution in [0.5, 0.6) is 0 Å². The lowest BCUT2D eigenvalue weighted by Crippen LogP contribution is -2.50. The van der Waals surface area contributed by atoms with Crippen LogP contribution in [-0.2, 0) is 9.59 Å². The molecule has 1 N–H and O–H groups in total. The van der Waals surface area contributed by atoms with Gasteiger partial charge >= 0.3 is 0 Å². The highest BCUT2D eigenvalue weighted by Gasteiger charge is 2.23. The van der Waals surface area contributed by atoms with Crippen molar-refractivity contribution >= 4 is 23.3 Å². The minimum Gasteiger partial charge on any atom is -0.340 e. The molecule has 0 bridgehead atoms. The highest BCUT2D eigenvalue weighted by molar-refractivity contribution is 5.98. The van der Waals surface area contributed by atoms with Crippen molar-refractivity contribution in [2.45, 2.75) is 26.7 Å². The number of hydrogen-bond donors (Lipinski definition) is 1. The molecule has 2 amide bonds. The Kier molecular flexibility index (Phi) is 7.36. The molecule has 2 aromatic carbocycles. The van der Waals surface area contributed by atoms with Crippen LogP contribution in [-0.4, -0.2) is 60.1 Å². The van der Waals surface area contributed by atoms with Gasteiger partial charge in [0.15, 0.2) is 5.78 Å². The van der Waals surface area contributed by atoms with Crippen LogP contribution in [0, 0.1) is 13.8 Å². The third-order valence-electron chi connectivity index (χ3n) is 5.54. The molecule has 0 aliphatic carbocycles. The number of aryl methyl sites for hydroxylation is 2. The third-order valence-corrected chi connectivity index (χ3v) is 5.54. The Balaban J connectivity index is 1.40. The van der Waals surface area contributed by atoms with Crippen molar-refractivity contribution in [2.75, 3.05) is 38.0 Å². The second-order valence-corrected chi connectivity index (χ2v) is 7.79. The molecule has 1 heterocycles.